The molecular formula is C23H30N3OS+. The molecule has 3 N–H and O–H groups in total. The molecule has 1 aliphatic carbocycles. The second kappa shape index (κ2) is 8.89. The van der Waals surface area contributed by atoms with Crippen molar-refractivity contribution in [3.63, 3.8) is 0 Å². The number of nitrogens with two attached hydrogens (primary N) is 1. The topological polar surface area (TPSA) is 69.5 Å². The van der Waals surface area contributed by atoms with Gasteiger partial charge in [-0.2, -0.15) is 5.26 Å². The summed E-state index contributed by atoms with van der Waals surface area (Å²) in [5.74, 6) is 0.854. The fraction of sp³-hybridized carbons (Fsp3) is 0.478. The van der Waals surface area contributed by atoms with Crippen LogP contribution in [-0.4, -0.2) is 18.0 Å². The molecule has 1 aromatic heterocycles. The van der Waals surface area contributed by atoms with Crippen molar-refractivity contribution in [2.45, 2.75) is 51.6 Å². The van der Waals surface area contributed by atoms with Gasteiger partial charge in [-0.3, -0.25) is 4.79 Å². The molecule has 0 bridgehead atoms. The van der Waals surface area contributed by atoms with Gasteiger partial charge in [-0.1, -0.05) is 44.2 Å². The number of thiophene rings is 1. The summed E-state index contributed by atoms with van der Waals surface area (Å²) in [6.45, 7) is 6.60. The third-order valence-electron chi connectivity index (χ3n) is 5.40. The van der Waals surface area contributed by atoms with E-state index in [1.807, 2.05) is 13.0 Å². The van der Waals surface area contributed by atoms with Crippen molar-refractivity contribution in [1.82, 2.24) is 5.32 Å². The van der Waals surface area contributed by atoms with Crippen molar-refractivity contribution in [2.24, 2.45) is 11.8 Å². The van der Waals surface area contributed by atoms with Crippen molar-refractivity contribution in [3.05, 3.63) is 57.8 Å². The Labute approximate surface area is 172 Å². The van der Waals surface area contributed by atoms with Crippen molar-refractivity contribution < 1.29 is 10.1 Å². The average Bonchev–Trinajstić information content (AvgIpc) is 3.40. The summed E-state index contributed by atoms with van der Waals surface area (Å²) in [7, 11) is 0. The average molecular weight is 397 g/mol. The lowest BCUT2D eigenvalue weighted by atomic mass is 9.97. The SMILES string of the molecule is CC(C)Cc1ccc([C@@H]([NH2+]CC(=O)N[C@@](C)(C#N)C2CC2)c2cccs2)cc1. The van der Waals surface area contributed by atoms with E-state index in [0.29, 0.717) is 18.4 Å². The zero-order valence-electron chi connectivity index (χ0n) is 16.9. The Morgan fingerprint density at radius 2 is 2.04 bits per heavy atom. The second-order valence-corrected chi connectivity index (χ2v) is 9.39. The van der Waals surface area contributed by atoms with Crippen LogP contribution < -0.4 is 10.6 Å². The van der Waals surface area contributed by atoms with Gasteiger partial charge in [-0.05, 0) is 55.0 Å². The van der Waals surface area contributed by atoms with E-state index >= 15 is 0 Å². The summed E-state index contributed by atoms with van der Waals surface area (Å²) in [6.07, 6.45) is 3.12. The molecule has 1 fully saturated rings. The highest BCUT2D eigenvalue weighted by molar-refractivity contribution is 7.10. The Morgan fingerprint density at radius 3 is 2.57 bits per heavy atom. The summed E-state index contributed by atoms with van der Waals surface area (Å²) < 4.78 is 0. The van der Waals surface area contributed by atoms with Crippen LogP contribution in [0.1, 0.15) is 55.7 Å². The Hall–Kier alpha value is -2.16. The molecule has 3 rings (SSSR count). The molecule has 0 unspecified atom stereocenters. The molecule has 0 saturated heterocycles. The predicted molar refractivity (Wildman–Crippen MR) is 113 cm³/mol. The van der Waals surface area contributed by atoms with Gasteiger partial charge < -0.3 is 10.6 Å². The first-order valence-corrected chi connectivity index (χ1v) is 11.0. The summed E-state index contributed by atoms with van der Waals surface area (Å²) in [5, 5.41) is 16.6. The van der Waals surface area contributed by atoms with Gasteiger partial charge in [0, 0.05) is 5.56 Å². The summed E-state index contributed by atoms with van der Waals surface area (Å²) in [6, 6.07) is 15.3. The van der Waals surface area contributed by atoms with Gasteiger partial charge in [0.25, 0.3) is 5.91 Å². The van der Waals surface area contributed by atoms with E-state index in [4.69, 9.17) is 0 Å². The highest BCUT2D eigenvalue weighted by Crippen LogP contribution is 2.39. The Bertz CT molecular complexity index is 819. The number of hydrogen-bond donors (Lipinski definition) is 2. The van der Waals surface area contributed by atoms with Crippen LogP contribution in [0.2, 0.25) is 0 Å². The van der Waals surface area contributed by atoms with Gasteiger partial charge in [-0.15, -0.1) is 11.3 Å². The second-order valence-electron chi connectivity index (χ2n) is 8.41. The van der Waals surface area contributed by atoms with Crippen LogP contribution >= 0.6 is 11.3 Å². The first-order valence-electron chi connectivity index (χ1n) is 10.1. The zero-order chi connectivity index (χ0) is 20.1. The molecule has 1 aliphatic rings. The maximum atomic E-state index is 12.5. The minimum absolute atomic E-state index is 0.0751. The molecule has 1 saturated carbocycles. The lowest BCUT2D eigenvalue weighted by Gasteiger charge is -2.23. The standard InChI is InChI=1S/C23H29N3OS/c1-16(2)13-17-6-8-18(9-7-17)22(20-5-4-12-28-20)25-14-21(27)26-23(3,15-24)19-10-11-19/h4-9,12,16,19,22,25H,10-11,13-14H2,1-3H3,(H,26,27)/p+1/t22-,23+/m1/s1. The maximum Gasteiger partial charge on any atom is 0.276 e. The van der Waals surface area contributed by atoms with Crippen molar-refractivity contribution in [2.75, 3.05) is 6.54 Å². The summed E-state index contributed by atoms with van der Waals surface area (Å²) >= 11 is 1.71. The Kier molecular flexibility index (Phi) is 6.53. The van der Waals surface area contributed by atoms with Gasteiger partial charge >= 0.3 is 0 Å². The molecule has 4 nitrogen and oxygen atoms in total. The molecule has 1 heterocycles. The van der Waals surface area contributed by atoms with E-state index in [9.17, 15) is 10.1 Å². The lowest BCUT2D eigenvalue weighted by Crippen LogP contribution is -2.88. The molecule has 1 aromatic carbocycles. The van der Waals surface area contributed by atoms with E-state index in [0.717, 1.165) is 19.3 Å². The molecule has 0 spiro atoms. The molecule has 1 amide bonds. The van der Waals surface area contributed by atoms with E-state index in [2.05, 4.69) is 66.3 Å². The van der Waals surface area contributed by atoms with Gasteiger partial charge in [0.1, 0.15) is 11.6 Å². The molecule has 0 radical (unpaired) electrons. The number of hydrogen-bond acceptors (Lipinski definition) is 3. The van der Waals surface area contributed by atoms with Gasteiger partial charge in [-0.25, -0.2) is 0 Å². The molecule has 0 aliphatic heterocycles. The van der Waals surface area contributed by atoms with E-state index in [1.165, 1.54) is 16.0 Å². The number of quaternary nitrogens is 1. The minimum atomic E-state index is -0.734. The predicted octanol–water partition coefficient (Wildman–Crippen LogP) is 3.41. The number of carbonyl (C=O) groups excluding carboxylic acids is 1. The normalized spacial score (nSPS) is 17.0. The monoisotopic (exact) mass is 396 g/mol. The van der Waals surface area contributed by atoms with Gasteiger partial charge in [0.2, 0.25) is 0 Å². The van der Waals surface area contributed by atoms with Crippen molar-refractivity contribution in [3.8, 4) is 6.07 Å². The van der Waals surface area contributed by atoms with E-state index in [-0.39, 0.29) is 11.9 Å². The van der Waals surface area contributed by atoms with Crippen LogP contribution in [0.25, 0.3) is 0 Å². The Morgan fingerprint density at radius 1 is 1.32 bits per heavy atom. The minimum Gasteiger partial charge on any atom is -0.333 e. The third kappa shape index (κ3) is 5.21. The smallest absolute Gasteiger partial charge is 0.276 e. The van der Waals surface area contributed by atoms with Crippen LogP contribution in [0, 0.1) is 23.2 Å². The van der Waals surface area contributed by atoms with E-state index in [1.54, 1.807) is 11.3 Å². The molecular weight excluding hydrogens is 366 g/mol. The first kappa shape index (κ1) is 20.6. The van der Waals surface area contributed by atoms with Gasteiger partial charge in [0.05, 0.1) is 10.9 Å². The van der Waals surface area contributed by atoms with E-state index < -0.39 is 5.54 Å². The fourth-order valence-electron chi connectivity index (χ4n) is 3.66. The maximum absolute atomic E-state index is 12.5. The molecule has 2 aromatic rings. The van der Waals surface area contributed by atoms with Crippen LogP contribution in [0.5, 0.6) is 0 Å². The van der Waals surface area contributed by atoms with Crippen molar-refractivity contribution in [1.29, 1.82) is 5.26 Å². The zero-order valence-corrected chi connectivity index (χ0v) is 17.8. The first-order chi connectivity index (χ1) is 13.4. The largest absolute Gasteiger partial charge is 0.333 e. The summed E-state index contributed by atoms with van der Waals surface area (Å²) in [4.78, 5) is 13.8. The number of carbonyl (C=O) groups is 1. The fourth-order valence-corrected chi connectivity index (χ4v) is 4.52. The number of nitriles is 1. The number of amides is 1. The third-order valence-corrected chi connectivity index (χ3v) is 6.35. The van der Waals surface area contributed by atoms with Crippen LogP contribution in [-0.2, 0) is 11.2 Å². The molecule has 28 heavy (non-hydrogen) atoms. The molecule has 148 valence electrons. The number of nitrogens with zero attached hydrogens (tertiary/aromatic N) is 1. The number of rotatable bonds is 9. The van der Waals surface area contributed by atoms with Crippen LogP contribution in [0.4, 0.5) is 0 Å². The summed E-state index contributed by atoms with van der Waals surface area (Å²) in [5.41, 5.74) is 1.81. The van der Waals surface area contributed by atoms with Crippen LogP contribution in [0.3, 0.4) is 0 Å². The highest BCUT2D eigenvalue weighted by atomic mass is 32.1. The highest BCUT2D eigenvalue weighted by Gasteiger charge is 2.43. The van der Waals surface area contributed by atoms with Crippen LogP contribution in [0.15, 0.2) is 41.8 Å². The number of nitrogens with one attached hydrogen (secondary N) is 1. The van der Waals surface area contributed by atoms with Crippen molar-refractivity contribution >= 4 is 17.2 Å². The Balaban J connectivity index is 1.68. The quantitative estimate of drug-likeness (QED) is 0.682. The molecule has 5 heteroatoms. The van der Waals surface area contributed by atoms with Gasteiger partial charge in [0.15, 0.2) is 6.54 Å². The molecule has 2 atom stereocenters. The lowest BCUT2D eigenvalue weighted by molar-refractivity contribution is -0.676. The number of benzene rings is 1.